The van der Waals surface area contributed by atoms with Gasteiger partial charge in [-0.25, -0.2) is 17.1 Å². The van der Waals surface area contributed by atoms with E-state index in [0.29, 0.717) is 30.8 Å². The molecule has 0 saturated heterocycles. The minimum Gasteiger partial charge on any atom is -0.282 e. The summed E-state index contributed by atoms with van der Waals surface area (Å²) in [5.74, 6) is -0.289. The molecule has 3 rings (SSSR count). The summed E-state index contributed by atoms with van der Waals surface area (Å²) in [4.78, 5) is 0.276. The molecule has 0 spiro atoms. The van der Waals surface area contributed by atoms with E-state index in [1.807, 2.05) is 6.07 Å². The quantitative estimate of drug-likeness (QED) is 0.655. The summed E-state index contributed by atoms with van der Waals surface area (Å²) in [6.07, 6.45) is 1.29. The lowest BCUT2D eigenvalue weighted by Gasteiger charge is -2.17. The Morgan fingerprint density at radius 2 is 1.89 bits per heavy atom. The molecule has 9 heteroatoms. The number of aromatic nitrogens is 4. The van der Waals surface area contributed by atoms with Crippen LogP contribution in [-0.2, 0) is 23.5 Å². The van der Waals surface area contributed by atoms with Crippen molar-refractivity contribution in [2.24, 2.45) is 7.05 Å². The monoisotopic (exact) mass is 405 g/mol. The predicted octanol–water partition coefficient (Wildman–Crippen LogP) is 2.82. The van der Waals surface area contributed by atoms with Gasteiger partial charge in [0.05, 0.1) is 17.1 Å². The van der Waals surface area contributed by atoms with Crippen molar-refractivity contribution >= 4 is 10.0 Å². The van der Waals surface area contributed by atoms with Crippen molar-refractivity contribution in [1.82, 2.24) is 24.3 Å². The van der Waals surface area contributed by atoms with E-state index in [4.69, 9.17) is 0 Å². The molecule has 28 heavy (non-hydrogen) atoms. The van der Waals surface area contributed by atoms with Crippen LogP contribution in [0.25, 0.3) is 11.3 Å². The zero-order valence-electron chi connectivity index (χ0n) is 16.4. The van der Waals surface area contributed by atoms with Gasteiger partial charge in [0.25, 0.3) is 0 Å². The minimum absolute atomic E-state index is 0.276. The number of aryl methyl sites for hydroxylation is 3. The topological polar surface area (TPSA) is 83.9 Å². The number of hydrogen-bond acceptors (Lipinski definition) is 4. The van der Waals surface area contributed by atoms with Gasteiger partial charge < -0.3 is 0 Å². The molecule has 0 unspecified atom stereocenters. The van der Waals surface area contributed by atoms with Crippen molar-refractivity contribution in [3.8, 4) is 11.3 Å². The Bertz CT molecular complexity index is 1070. The number of rotatable bonds is 7. The second kappa shape index (κ2) is 7.84. The Morgan fingerprint density at radius 1 is 1.21 bits per heavy atom. The van der Waals surface area contributed by atoms with Crippen molar-refractivity contribution in [3.63, 3.8) is 0 Å². The first-order chi connectivity index (χ1) is 13.2. The van der Waals surface area contributed by atoms with E-state index >= 15 is 0 Å². The molecule has 0 radical (unpaired) electrons. The van der Waals surface area contributed by atoms with Crippen molar-refractivity contribution in [1.29, 1.82) is 0 Å². The SMILES string of the molecule is Cc1nn(C)c(C)c1S(=O)(=O)N(C)CCCc1cc(-c2ccc(F)cc2)n[nH]1. The number of benzene rings is 1. The number of hydrogen-bond donors (Lipinski definition) is 1. The highest BCUT2D eigenvalue weighted by molar-refractivity contribution is 7.89. The lowest BCUT2D eigenvalue weighted by atomic mass is 10.1. The van der Waals surface area contributed by atoms with Gasteiger partial charge in [-0.3, -0.25) is 9.78 Å². The number of H-pyrrole nitrogens is 1. The van der Waals surface area contributed by atoms with Gasteiger partial charge in [-0.2, -0.15) is 10.2 Å². The Morgan fingerprint density at radius 3 is 2.50 bits per heavy atom. The Balaban J connectivity index is 1.62. The van der Waals surface area contributed by atoms with E-state index in [2.05, 4.69) is 15.3 Å². The molecule has 150 valence electrons. The fourth-order valence-corrected chi connectivity index (χ4v) is 4.75. The normalized spacial score (nSPS) is 12.1. The molecule has 3 aromatic rings. The first kappa shape index (κ1) is 20.2. The highest BCUT2D eigenvalue weighted by Gasteiger charge is 2.27. The number of nitrogens with zero attached hydrogens (tertiary/aromatic N) is 4. The van der Waals surface area contributed by atoms with Gasteiger partial charge in [0.1, 0.15) is 10.7 Å². The highest BCUT2D eigenvalue weighted by Crippen LogP contribution is 2.23. The summed E-state index contributed by atoms with van der Waals surface area (Å²) in [5.41, 5.74) is 3.59. The van der Waals surface area contributed by atoms with Crippen LogP contribution in [-0.4, -0.2) is 46.3 Å². The van der Waals surface area contributed by atoms with E-state index < -0.39 is 10.0 Å². The maximum atomic E-state index is 13.0. The molecule has 2 aromatic heterocycles. The lowest BCUT2D eigenvalue weighted by Crippen LogP contribution is -2.29. The number of aromatic amines is 1. The van der Waals surface area contributed by atoms with Gasteiger partial charge in [-0.05, 0) is 57.0 Å². The van der Waals surface area contributed by atoms with Crippen LogP contribution < -0.4 is 0 Å². The van der Waals surface area contributed by atoms with Gasteiger partial charge in [0.2, 0.25) is 10.0 Å². The van der Waals surface area contributed by atoms with Gasteiger partial charge >= 0.3 is 0 Å². The summed E-state index contributed by atoms with van der Waals surface area (Å²) in [6, 6.07) is 8.04. The van der Waals surface area contributed by atoms with E-state index in [-0.39, 0.29) is 10.7 Å². The first-order valence-electron chi connectivity index (χ1n) is 8.97. The third-order valence-electron chi connectivity index (χ3n) is 4.80. The lowest BCUT2D eigenvalue weighted by molar-refractivity contribution is 0.459. The summed E-state index contributed by atoms with van der Waals surface area (Å²) in [5, 5.41) is 11.4. The highest BCUT2D eigenvalue weighted by atomic mass is 32.2. The molecular weight excluding hydrogens is 381 g/mol. The van der Waals surface area contributed by atoms with Gasteiger partial charge in [-0.15, -0.1) is 0 Å². The molecule has 0 aliphatic carbocycles. The van der Waals surface area contributed by atoms with E-state index in [0.717, 1.165) is 17.0 Å². The second-order valence-corrected chi connectivity index (χ2v) is 8.82. The molecule has 0 fully saturated rings. The molecule has 1 N–H and O–H groups in total. The third kappa shape index (κ3) is 4.00. The van der Waals surface area contributed by atoms with E-state index in [1.54, 1.807) is 44.8 Å². The number of halogens is 1. The van der Waals surface area contributed by atoms with Crippen LogP contribution in [0.4, 0.5) is 4.39 Å². The van der Waals surface area contributed by atoms with Gasteiger partial charge in [0.15, 0.2) is 0 Å². The molecule has 7 nitrogen and oxygen atoms in total. The van der Waals surface area contributed by atoms with Crippen molar-refractivity contribution in [3.05, 3.63) is 53.2 Å². The zero-order valence-corrected chi connectivity index (χ0v) is 17.2. The average molecular weight is 405 g/mol. The Labute approximate surface area is 164 Å². The molecular formula is C19H24FN5O2S. The van der Waals surface area contributed by atoms with Crippen molar-refractivity contribution in [2.75, 3.05) is 13.6 Å². The van der Waals surface area contributed by atoms with Crippen molar-refractivity contribution < 1.29 is 12.8 Å². The smallest absolute Gasteiger partial charge is 0.246 e. The molecule has 0 amide bonds. The molecule has 2 heterocycles. The van der Waals surface area contributed by atoms with Crippen LogP contribution in [0, 0.1) is 19.7 Å². The molecule has 0 aliphatic heterocycles. The van der Waals surface area contributed by atoms with Crippen molar-refractivity contribution in [2.45, 2.75) is 31.6 Å². The largest absolute Gasteiger partial charge is 0.282 e. The van der Waals surface area contributed by atoms with Crippen LogP contribution in [0.2, 0.25) is 0 Å². The van der Waals surface area contributed by atoms with Gasteiger partial charge in [0, 0.05) is 31.9 Å². The zero-order chi connectivity index (χ0) is 20.5. The van der Waals surface area contributed by atoms with Crippen LogP contribution in [0.5, 0.6) is 0 Å². The van der Waals surface area contributed by atoms with Gasteiger partial charge in [-0.1, -0.05) is 0 Å². The minimum atomic E-state index is -3.59. The number of sulfonamides is 1. The maximum absolute atomic E-state index is 13.0. The molecule has 0 atom stereocenters. The Kier molecular flexibility index (Phi) is 5.66. The van der Waals surface area contributed by atoms with Crippen LogP contribution in [0.1, 0.15) is 23.5 Å². The molecule has 1 aromatic carbocycles. The maximum Gasteiger partial charge on any atom is 0.246 e. The number of nitrogens with one attached hydrogen (secondary N) is 1. The van der Waals surface area contributed by atoms with E-state index in [9.17, 15) is 12.8 Å². The predicted molar refractivity (Wildman–Crippen MR) is 105 cm³/mol. The first-order valence-corrected chi connectivity index (χ1v) is 10.4. The van der Waals surface area contributed by atoms with Crippen LogP contribution >= 0.6 is 0 Å². The fraction of sp³-hybridized carbons (Fsp3) is 0.368. The molecule has 0 saturated carbocycles. The summed E-state index contributed by atoms with van der Waals surface area (Å²) < 4.78 is 41.7. The summed E-state index contributed by atoms with van der Waals surface area (Å²) in [6.45, 7) is 3.83. The van der Waals surface area contributed by atoms with Crippen LogP contribution in [0.15, 0.2) is 35.2 Å². The molecule has 0 aliphatic rings. The Hall–Kier alpha value is -2.52. The average Bonchev–Trinajstić information content (AvgIpc) is 3.20. The third-order valence-corrected chi connectivity index (χ3v) is 6.91. The summed E-state index contributed by atoms with van der Waals surface area (Å²) >= 11 is 0. The molecule has 0 bridgehead atoms. The van der Waals surface area contributed by atoms with E-state index in [1.165, 1.54) is 16.4 Å². The second-order valence-electron chi connectivity index (χ2n) is 6.84. The standard InChI is InChI=1S/C19H24FN5O2S/c1-13-19(14(2)25(4)23-13)28(26,27)24(3)11-5-6-17-12-18(22-21-17)15-7-9-16(20)10-8-15/h7-10,12H,5-6,11H2,1-4H3,(H,21,22). The van der Waals surface area contributed by atoms with Crippen LogP contribution in [0.3, 0.4) is 0 Å². The fourth-order valence-electron chi connectivity index (χ4n) is 3.15. The summed E-state index contributed by atoms with van der Waals surface area (Å²) in [7, 11) is -0.271.